The van der Waals surface area contributed by atoms with Crippen LogP contribution in [0.2, 0.25) is 0 Å². The average molecular weight is 500 g/mol. The van der Waals surface area contributed by atoms with Crippen molar-refractivity contribution in [1.82, 2.24) is 0 Å². The second-order valence-electron chi connectivity index (χ2n) is 8.89. The summed E-state index contributed by atoms with van der Waals surface area (Å²) in [6, 6.07) is 25.2. The van der Waals surface area contributed by atoms with E-state index in [0.717, 1.165) is 40.2 Å². The molecular weight excluding hydrogens is 466 g/mol. The molecule has 0 spiro atoms. The molecule has 3 aromatic carbocycles. The summed E-state index contributed by atoms with van der Waals surface area (Å²) in [6.07, 6.45) is -0.215. The van der Waals surface area contributed by atoms with Gasteiger partial charge < -0.3 is 19.3 Å². The normalized spacial score (nSPS) is 16.1. The maximum atomic E-state index is 12.8. The minimum absolute atomic E-state index is 0.00191. The number of nitrogens with zero attached hydrogens (tertiary/aromatic N) is 1. The van der Waals surface area contributed by atoms with Crippen LogP contribution < -0.4 is 9.47 Å². The third-order valence-electron chi connectivity index (χ3n) is 6.57. The van der Waals surface area contributed by atoms with Crippen molar-refractivity contribution in [2.24, 2.45) is 10.9 Å². The summed E-state index contributed by atoms with van der Waals surface area (Å²) in [5.41, 5.74) is 5.04. The van der Waals surface area contributed by atoms with E-state index < -0.39 is 6.10 Å². The van der Waals surface area contributed by atoms with Crippen LogP contribution in [0.4, 0.5) is 0 Å². The third-order valence-corrected chi connectivity index (χ3v) is 6.57. The van der Waals surface area contributed by atoms with Crippen LogP contribution in [0, 0.1) is 5.92 Å². The van der Waals surface area contributed by atoms with Crippen molar-refractivity contribution in [2.75, 3.05) is 27.4 Å². The first kappa shape index (κ1) is 26.2. The fourth-order valence-corrected chi connectivity index (χ4v) is 4.76. The molecule has 0 radical (unpaired) electrons. The van der Waals surface area contributed by atoms with Gasteiger partial charge in [-0.15, -0.1) is 0 Å². The number of aliphatic hydroxyl groups is 1. The minimum atomic E-state index is -0.958. The summed E-state index contributed by atoms with van der Waals surface area (Å²) >= 11 is 0. The third kappa shape index (κ3) is 6.27. The topological polar surface area (TPSA) is 77.4 Å². The summed E-state index contributed by atoms with van der Waals surface area (Å²) in [4.78, 5) is 17.7. The Morgan fingerprint density at radius 1 is 0.946 bits per heavy atom. The number of benzene rings is 3. The van der Waals surface area contributed by atoms with Crippen LogP contribution in [-0.4, -0.2) is 44.2 Å². The van der Waals surface area contributed by atoms with E-state index in [9.17, 15) is 9.90 Å². The van der Waals surface area contributed by atoms with Gasteiger partial charge in [0.15, 0.2) is 0 Å². The number of esters is 1. The fraction of sp³-hybridized carbons (Fsp3) is 0.290. The molecule has 3 aromatic rings. The number of ether oxygens (including phenoxy) is 3. The standard InChI is InChI=1S/C31H33NO5/c1-4-37-28(33)19-27-29(22-12-16-26(36-3)17-13-22)24(18-21-10-14-25(35-2)15-11-21)20-32-30(27)31(34)23-8-6-5-7-9-23/h5-17,24,31,34H,4,18-20H2,1-3H3/t24-,31?/m1/s1. The quantitative estimate of drug-likeness (QED) is 0.375. The van der Waals surface area contributed by atoms with E-state index in [4.69, 9.17) is 19.2 Å². The maximum absolute atomic E-state index is 12.8. The Labute approximate surface area is 218 Å². The molecule has 6 heteroatoms. The number of dihydropyridines is 1. The molecule has 1 N–H and O–H groups in total. The second kappa shape index (κ2) is 12.4. The van der Waals surface area contributed by atoms with Gasteiger partial charge in [-0.05, 0) is 65.4 Å². The van der Waals surface area contributed by atoms with E-state index >= 15 is 0 Å². The molecule has 1 heterocycles. The molecule has 0 bridgehead atoms. The SMILES string of the molecule is CCOC(=O)CC1=C(c2ccc(OC)cc2)[C@H](Cc2ccc(OC)cc2)CN=C1C(O)c1ccccc1. The number of carbonyl (C=O) groups is 1. The number of rotatable bonds is 10. The van der Waals surface area contributed by atoms with Crippen LogP contribution in [0.3, 0.4) is 0 Å². The molecular formula is C31H33NO5. The molecule has 0 amide bonds. The zero-order valence-electron chi connectivity index (χ0n) is 21.5. The largest absolute Gasteiger partial charge is 0.497 e. The molecule has 1 unspecified atom stereocenters. The van der Waals surface area contributed by atoms with Gasteiger partial charge in [0.25, 0.3) is 0 Å². The van der Waals surface area contributed by atoms with Crippen molar-refractivity contribution < 1.29 is 24.1 Å². The van der Waals surface area contributed by atoms with Gasteiger partial charge in [-0.25, -0.2) is 0 Å². The number of aliphatic imine (C=N–C) groups is 1. The molecule has 37 heavy (non-hydrogen) atoms. The number of carbonyl (C=O) groups excluding carboxylic acids is 1. The molecule has 0 saturated heterocycles. The highest BCUT2D eigenvalue weighted by molar-refractivity contribution is 6.12. The lowest BCUT2D eigenvalue weighted by Gasteiger charge is -2.31. The first-order valence-electron chi connectivity index (χ1n) is 12.5. The average Bonchev–Trinajstić information content (AvgIpc) is 2.94. The maximum Gasteiger partial charge on any atom is 0.310 e. The van der Waals surface area contributed by atoms with Crippen LogP contribution in [0.1, 0.15) is 36.1 Å². The molecule has 1 aliphatic rings. The molecule has 2 atom stereocenters. The lowest BCUT2D eigenvalue weighted by molar-refractivity contribution is -0.142. The van der Waals surface area contributed by atoms with E-state index in [1.54, 1.807) is 21.1 Å². The predicted molar refractivity (Wildman–Crippen MR) is 145 cm³/mol. The van der Waals surface area contributed by atoms with Crippen molar-refractivity contribution in [3.05, 3.63) is 101 Å². The van der Waals surface area contributed by atoms with Crippen molar-refractivity contribution in [1.29, 1.82) is 0 Å². The number of aliphatic hydroxyl groups excluding tert-OH is 1. The van der Waals surface area contributed by atoms with E-state index in [1.807, 2.05) is 78.9 Å². The molecule has 0 aliphatic carbocycles. The Balaban J connectivity index is 1.82. The Kier molecular flexibility index (Phi) is 8.75. The molecule has 0 saturated carbocycles. The highest BCUT2D eigenvalue weighted by Gasteiger charge is 2.32. The summed E-state index contributed by atoms with van der Waals surface area (Å²) in [7, 11) is 3.28. The van der Waals surface area contributed by atoms with Crippen molar-refractivity contribution >= 4 is 17.3 Å². The second-order valence-corrected chi connectivity index (χ2v) is 8.89. The Bertz CT molecular complexity index is 1250. The van der Waals surface area contributed by atoms with E-state index in [0.29, 0.717) is 17.8 Å². The monoisotopic (exact) mass is 499 g/mol. The van der Waals surface area contributed by atoms with Gasteiger partial charge in [0.05, 0.1) is 33.0 Å². The fourth-order valence-electron chi connectivity index (χ4n) is 4.76. The van der Waals surface area contributed by atoms with Crippen LogP contribution in [-0.2, 0) is 16.0 Å². The van der Waals surface area contributed by atoms with Gasteiger partial charge in [-0.1, -0.05) is 54.6 Å². The molecule has 1 aliphatic heterocycles. The summed E-state index contributed by atoms with van der Waals surface area (Å²) in [5.74, 6) is 1.20. The number of hydrogen-bond donors (Lipinski definition) is 1. The van der Waals surface area contributed by atoms with Crippen molar-refractivity contribution in [3.8, 4) is 11.5 Å². The lowest BCUT2D eigenvalue weighted by atomic mass is 9.78. The zero-order chi connectivity index (χ0) is 26.2. The van der Waals surface area contributed by atoms with Gasteiger partial charge in [-0.3, -0.25) is 9.79 Å². The van der Waals surface area contributed by atoms with Crippen LogP contribution in [0.5, 0.6) is 11.5 Å². The van der Waals surface area contributed by atoms with Crippen LogP contribution in [0.15, 0.2) is 89.4 Å². The van der Waals surface area contributed by atoms with E-state index in [-0.39, 0.29) is 24.9 Å². The van der Waals surface area contributed by atoms with Gasteiger partial charge in [0.2, 0.25) is 0 Å². The van der Waals surface area contributed by atoms with Gasteiger partial charge >= 0.3 is 5.97 Å². The van der Waals surface area contributed by atoms with Crippen LogP contribution in [0.25, 0.3) is 5.57 Å². The lowest BCUT2D eigenvalue weighted by Crippen LogP contribution is -2.28. The Morgan fingerprint density at radius 3 is 2.16 bits per heavy atom. The number of methoxy groups -OCH3 is 2. The first-order chi connectivity index (χ1) is 18.0. The Morgan fingerprint density at radius 2 is 1.57 bits per heavy atom. The van der Waals surface area contributed by atoms with E-state index in [1.165, 1.54) is 0 Å². The van der Waals surface area contributed by atoms with Crippen molar-refractivity contribution in [3.63, 3.8) is 0 Å². The van der Waals surface area contributed by atoms with Crippen LogP contribution >= 0.6 is 0 Å². The highest BCUT2D eigenvalue weighted by atomic mass is 16.5. The summed E-state index contributed by atoms with van der Waals surface area (Å²) in [6.45, 7) is 2.56. The first-order valence-corrected chi connectivity index (χ1v) is 12.5. The smallest absolute Gasteiger partial charge is 0.310 e. The van der Waals surface area contributed by atoms with Gasteiger partial charge in [0.1, 0.15) is 17.6 Å². The van der Waals surface area contributed by atoms with Gasteiger partial charge in [0, 0.05) is 12.5 Å². The van der Waals surface area contributed by atoms with E-state index in [2.05, 4.69) is 0 Å². The molecule has 192 valence electrons. The number of hydrogen-bond acceptors (Lipinski definition) is 6. The predicted octanol–water partition coefficient (Wildman–Crippen LogP) is 5.46. The zero-order valence-corrected chi connectivity index (χ0v) is 21.5. The highest BCUT2D eigenvalue weighted by Crippen LogP contribution is 2.39. The molecule has 6 nitrogen and oxygen atoms in total. The molecule has 4 rings (SSSR count). The van der Waals surface area contributed by atoms with Crippen molar-refractivity contribution in [2.45, 2.75) is 25.9 Å². The molecule has 0 aromatic heterocycles. The van der Waals surface area contributed by atoms with Gasteiger partial charge in [-0.2, -0.15) is 0 Å². The summed E-state index contributed by atoms with van der Waals surface area (Å²) in [5, 5.41) is 11.4. The molecule has 0 fully saturated rings. The summed E-state index contributed by atoms with van der Waals surface area (Å²) < 4.78 is 16.0. The Hall–Kier alpha value is -3.90. The minimum Gasteiger partial charge on any atom is -0.497 e.